The van der Waals surface area contributed by atoms with Gasteiger partial charge in [0.2, 0.25) is 0 Å². The van der Waals surface area contributed by atoms with Gasteiger partial charge in [-0.25, -0.2) is 8.42 Å². The van der Waals surface area contributed by atoms with Gasteiger partial charge in [-0.1, -0.05) is 6.92 Å². The zero-order chi connectivity index (χ0) is 13.2. The summed E-state index contributed by atoms with van der Waals surface area (Å²) in [5, 5.41) is 7.74. The summed E-state index contributed by atoms with van der Waals surface area (Å²) in [6.45, 7) is 3.15. The highest BCUT2D eigenvalue weighted by Crippen LogP contribution is 2.30. The Morgan fingerprint density at radius 1 is 1.50 bits per heavy atom. The third-order valence-corrected chi connectivity index (χ3v) is 4.55. The number of sulfone groups is 1. The first kappa shape index (κ1) is 13.5. The Labute approximate surface area is 108 Å². The van der Waals surface area contributed by atoms with E-state index in [1.807, 2.05) is 4.68 Å². The fourth-order valence-electron chi connectivity index (χ4n) is 2.52. The Morgan fingerprint density at radius 3 is 2.89 bits per heavy atom. The van der Waals surface area contributed by atoms with Crippen LogP contribution in [0.1, 0.15) is 38.6 Å². The zero-order valence-electron chi connectivity index (χ0n) is 11.0. The Balaban J connectivity index is 2.13. The van der Waals surface area contributed by atoms with Gasteiger partial charge in [0, 0.05) is 18.5 Å². The molecule has 6 heteroatoms. The molecule has 1 fully saturated rings. The predicted molar refractivity (Wildman–Crippen MR) is 70.3 cm³/mol. The molecular formula is C12H21N3O2S. The minimum Gasteiger partial charge on any atom is -0.312 e. The van der Waals surface area contributed by atoms with Crippen molar-refractivity contribution >= 4 is 9.84 Å². The van der Waals surface area contributed by atoms with E-state index in [9.17, 15) is 8.42 Å². The lowest BCUT2D eigenvalue weighted by Gasteiger charge is -2.21. The van der Waals surface area contributed by atoms with E-state index in [-0.39, 0.29) is 6.04 Å². The van der Waals surface area contributed by atoms with Gasteiger partial charge in [0.1, 0.15) is 4.90 Å². The lowest BCUT2D eigenvalue weighted by Crippen LogP contribution is -2.34. The van der Waals surface area contributed by atoms with Crippen molar-refractivity contribution in [2.75, 3.05) is 12.8 Å². The largest absolute Gasteiger partial charge is 0.312 e. The summed E-state index contributed by atoms with van der Waals surface area (Å²) in [5.41, 5.74) is 0. The normalized spacial score (nSPS) is 24.6. The van der Waals surface area contributed by atoms with Crippen LogP contribution in [0.3, 0.4) is 0 Å². The first-order valence-electron chi connectivity index (χ1n) is 6.50. The van der Waals surface area contributed by atoms with Gasteiger partial charge in [-0.05, 0) is 32.2 Å². The van der Waals surface area contributed by atoms with Crippen molar-refractivity contribution in [3.63, 3.8) is 0 Å². The number of rotatable bonds is 5. The molecule has 1 aliphatic rings. The summed E-state index contributed by atoms with van der Waals surface area (Å²) >= 11 is 0. The van der Waals surface area contributed by atoms with Crippen molar-refractivity contribution in [1.82, 2.24) is 15.1 Å². The highest BCUT2D eigenvalue weighted by atomic mass is 32.2. The second kappa shape index (κ2) is 5.40. The first-order chi connectivity index (χ1) is 8.52. The second-order valence-corrected chi connectivity index (χ2v) is 7.00. The van der Waals surface area contributed by atoms with Crippen LogP contribution in [0.2, 0.25) is 0 Å². The molecule has 5 nitrogen and oxygen atoms in total. The predicted octanol–water partition coefficient (Wildman–Crippen LogP) is 1.38. The number of nitrogens with one attached hydrogen (secondary N) is 1. The molecule has 0 amide bonds. The molecule has 0 aromatic carbocycles. The molecule has 102 valence electrons. The molecule has 2 unspecified atom stereocenters. The van der Waals surface area contributed by atoms with E-state index < -0.39 is 9.84 Å². The maximum absolute atomic E-state index is 11.4. The number of hydrogen-bond donors (Lipinski definition) is 1. The maximum Gasteiger partial charge on any atom is 0.178 e. The molecule has 2 rings (SSSR count). The van der Waals surface area contributed by atoms with Gasteiger partial charge in [-0.2, -0.15) is 5.10 Å². The van der Waals surface area contributed by atoms with E-state index in [1.165, 1.54) is 18.9 Å². The molecule has 1 heterocycles. The number of aromatic nitrogens is 2. The standard InChI is InChI=1S/C12H21N3O2S/c1-3-7-13-11-5-4-6-12(11)15-9-10(8-14-15)18(2,16)17/h8-9,11-13H,3-7H2,1-2H3. The van der Waals surface area contributed by atoms with Crippen LogP contribution in [0.4, 0.5) is 0 Å². The third-order valence-electron chi connectivity index (χ3n) is 3.48. The lowest BCUT2D eigenvalue weighted by atomic mass is 10.2. The lowest BCUT2D eigenvalue weighted by molar-refractivity contribution is 0.366. The van der Waals surface area contributed by atoms with Crippen molar-refractivity contribution in [3.8, 4) is 0 Å². The topological polar surface area (TPSA) is 64.0 Å². The third kappa shape index (κ3) is 2.92. The minimum atomic E-state index is -3.15. The molecule has 1 aliphatic carbocycles. The van der Waals surface area contributed by atoms with E-state index in [1.54, 1.807) is 6.20 Å². The Morgan fingerprint density at radius 2 is 2.28 bits per heavy atom. The van der Waals surface area contributed by atoms with Crippen molar-refractivity contribution in [2.24, 2.45) is 0 Å². The minimum absolute atomic E-state index is 0.284. The summed E-state index contributed by atoms with van der Waals surface area (Å²) < 4.78 is 24.7. The summed E-state index contributed by atoms with van der Waals surface area (Å²) in [5.74, 6) is 0. The molecule has 18 heavy (non-hydrogen) atoms. The van der Waals surface area contributed by atoms with E-state index in [2.05, 4.69) is 17.3 Å². The van der Waals surface area contributed by atoms with Gasteiger partial charge in [-0.3, -0.25) is 4.68 Å². The van der Waals surface area contributed by atoms with Crippen LogP contribution in [-0.4, -0.2) is 37.0 Å². The van der Waals surface area contributed by atoms with Gasteiger partial charge >= 0.3 is 0 Å². The molecule has 0 saturated heterocycles. The van der Waals surface area contributed by atoms with Gasteiger partial charge in [0.15, 0.2) is 9.84 Å². The van der Waals surface area contributed by atoms with Crippen LogP contribution in [0.25, 0.3) is 0 Å². The van der Waals surface area contributed by atoms with E-state index >= 15 is 0 Å². The molecule has 0 bridgehead atoms. The fourth-order valence-corrected chi connectivity index (χ4v) is 3.06. The molecule has 1 aromatic heterocycles. The Kier molecular flexibility index (Phi) is 4.07. The smallest absolute Gasteiger partial charge is 0.178 e. The average molecular weight is 271 g/mol. The van der Waals surface area contributed by atoms with Gasteiger partial charge in [0.25, 0.3) is 0 Å². The summed E-state index contributed by atoms with van der Waals surface area (Å²) in [6.07, 6.45) is 8.80. The molecule has 0 aliphatic heterocycles. The van der Waals surface area contributed by atoms with Crippen LogP contribution < -0.4 is 5.32 Å². The van der Waals surface area contributed by atoms with Crippen molar-refractivity contribution in [1.29, 1.82) is 0 Å². The zero-order valence-corrected chi connectivity index (χ0v) is 11.8. The molecule has 2 atom stereocenters. The van der Waals surface area contributed by atoms with Crippen LogP contribution >= 0.6 is 0 Å². The molecule has 1 saturated carbocycles. The van der Waals surface area contributed by atoms with Crippen LogP contribution in [0, 0.1) is 0 Å². The van der Waals surface area contributed by atoms with E-state index in [0.29, 0.717) is 10.9 Å². The molecule has 0 spiro atoms. The van der Waals surface area contributed by atoms with Crippen LogP contribution in [-0.2, 0) is 9.84 Å². The van der Waals surface area contributed by atoms with Crippen molar-refractivity contribution in [2.45, 2.75) is 49.6 Å². The van der Waals surface area contributed by atoms with Crippen LogP contribution in [0.5, 0.6) is 0 Å². The van der Waals surface area contributed by atoms with Gasteiger partial charge in [-0.15, -0.1) is 0 Å². The molecule has 1 aromatic rings. The Hall–Kier alpha value is -0.880. The fraction of sp³-hybridized carbons (Fsp3) is 0.750. The SMILES string of the molecule is CCCNC1CCCC1n1cc(S(C)(=O)=O)cn1. The van der Waals surface area contributed by atoms with Gasteiger partial charge < -0.3 is 5.32 Å². The van der Waals surface area contributed by atoms with E-state index in [4.69, 9.17) is 0 Å². The highest BCUT2D eigenvalue weighted by molar-refractivity contribution is 7.90. The molecule has 0 radical (unpaired) electrons. The summed E-state index contributed by atoms with van der Waals surface area (Å²) in [4.78, 5) is 0.309. The quantitative estimate of drug-likeness (QED) is 0.878. The molecule has 1 N–H and O–H groups in total. The maximum atomic E-state index is 11.4. The highest BCUT2D eigenvalue weighted by Gasteiger charge is 2.29. The summed E-state index contributed by atoms with van der Waals surface area (Å²) in [6, 6.07) is 0.698. The van der Waals surface area contributed by atoms with E-state index in [0.717, 1.165) is 25.8 Å². The number of nitrogens with zero attached hydrogens (tertiary/aromatic N) is 2. The van der Waals surface area contributed by atoms with Crippen molar-refractivity contribution < 1.29 is 8.42 Å². The second-order valence-electron chi connectivity index (χ2n) is 4.99. The molecular weight excluding hydrogens is 250 g/mol. The summed E-state index contributed by atoms with van der Waals surface area (Å²) in [7, 11) is -3.15. The van der Waals surface area contributed by atoms with Crippen molar-refractivity contribution in [3.05, 3.63) is 12.4 Å². The average Bonchev–Trinajstić information content (AvgIpc) is 2.93. The first-order valence-corrected chi connectivity index (χ1v) is 8.39. The Bertz CT molecular complexity index is 495. The monoisotopic (exact) mass is 271 g/mol. The van der Waals surface area contributed by atoms with Gasteiger partial charge in [0.05, 0.1) is 12.2 Å². The van der Waals surface area contributed by atoms with Crippen LogP contribution in [0.15, 0.2) is 17.3 Å². The number of hydrogen-bond acceptors (Lipinski definition) is 4.